The fourth-order valence-electron chi connectivity index (χ4n) is 2.01. The van der Waals surface area contributed by atoms with Crippen LogP contribution in [-0.2, 0) is 0 Å². The van der Waals surface area contributed by atoms with Gasteiger partial charge in [0.15, 0.2) is 0 Å². The Labute approximate surface area is 113 Å². The number of hydrogen-bond donors (Lipinski definition) is 6. The molecule has 0 saturated carbocycles. The molecule has 0 aromatic heterocycles. The minimum atomic E-state index is -3.69. The van der Waals surface area contributed by atoms with Gasteiger partial charge in [-0.15, -0.1) is 0 Å². The number of carbonyl (C=O) groups is 1. The van der Waals surface area contributed by atoms with Gasteiger partial charge in [0.1, 0.15) is 6.10 Å². The monoisotopic (exact) mass is 282 g/mol. The van der Waals surface area contributed by atoms with Crippen LogP contribution in [0.1, 0.15) is 10.4 Å². The second kappa shape index (κ2) is 4.45. The van der Waals surface area contributed by atoms with E-state index in [0.717, 1.165) is 0 Å². The van der Waals surface area contributed by atoms with Crippen molar-refractivity contribution in [3.63, 3.8) is 0 Å². The van der Waals surface area contributed by atoms with Gasteiger partial charge in [-0.25, -0.2) is 0 Å². The van der Waals surface area contributed by atoms with Crippen LogP contribution in [0.4, 0.5) is 0 Å². The van der Waals surface area contributed by atoms with Gasteiger partial charge in [0.25, 0.3) is 11.6 Å². The third-order valence-electron chi connectivity index (χ3n) is 3.36. The summed E-state index contributed by atoms with van der Waals surface area (Å²) < 4.78 is 0. The topological polar surface area (TPSA) is 138 Å². The van der Waals surface area contributed by atoms with E-state index in [-0.39, 0.29) is 5.56 Å². The van der Waals surface area contributed by atoms with E-state index in [1.54, 1.807) is 6.07 Å². The van der Waals surface area contributed by atoms with E-state index in [0.29, 0.717) is 12.2 Å². The summed E-state index contributed by atoms with van der Waals surface area (Å²) in [4.78, 5) is 12.2. The molecule has 6 N–H and O–H groups in total. The van der Waals surface area contributed by atoms with Crippen molar-refractivity contribution in [2.45, 2.75) is 23.3 Å². The Hall–Kier alpha value is -1.61. The van der Waals surface area contributed by atoms with Crippen LogP contribution in [0.25, 0.3) is 0 Å². The predicted molar refractivity (Wildman–Crippen MR) is 65.2 cm³/mol. The molecule has 7 nitrogen and oxygen atoms in total. The Morgan fingerprint density at radius 1 is 1.00 bits per heavy atom. The summed E-state index contributed by atoms with van der Waals surface area (Å²) in [6.45, 7) is 0. The van der Waals surface area contributed by atoms with Crippen molar-refractivity contribution in [3.05, 3.63) is 48.0 Å². The van der Waals surface area contributed by atoms with Crippen LogP contribution in [-0.4, -0.2) is 59.7 Å². The van der Waals surface area contributed by atoms with Crippen molar-refractivity contribution in [2.24, 2.45) is 0 Å². The largest absolute Gasteiger partial charge is 0.383 e. The van der Waals surface area contributed by atoms with Crippen LogP contribution in [0.5, 0.6) is 0 Å². The second-order valence-corrected chi connectivity index (χ2v) is 4.66. The molecule has 0 aliphatic heterocycles. The van der Waals surface area contributed by atoms with E-state index in [4.69, 9.17) is 0 Å². The highest BCUT2D eigenvalue weighted by atomic mass is 16.6. The molecule has 1 aromatic rings. The molecule has 0 fully saturated rings. The highest BCUT2D eigenvalue weighted by Gasteiger charge is 2.68. The molecule has 7 heteroatoms. The zero-order valence-corrected chi connectivity index (χ0v) is 10.2. The van der Waals surface area contributed by atoms with Crippen molar-refractivity contribution < 1.29 is 35.4 Å². The van der Waals surface area contributed by atoms with E-state index in [9.17, 15) is 35.4 Å². The van der Waals surface area contributed by atoms with Crippen LogP contribution >= 0.6 is 0 Å². The molecule has 20 heavy (non-hydrogen) atoms. The number of benzene rings is 1. The maximum atomic E-state index is 12.2. The maximum Gasteiger partial charge on any atom is 0.262 e. The first-order valence-corrected chi connectivity index (χ1v) is 5.74. The third kappa shape index (κ3) is 1.80. The molecule has 0 saturated heterocycles. The Kier molecular flexibility index (Phi) is 3.29. The van der Waals surface area contributed by atoms with Crippen molar-refractivity contribution >= 4 is 5.78 Å². The molecule has 0 spiro atoms. The molecule has 1 aliphatic rings. The lowest BCUT2D eigenvalue weighted by atomic mass is 9.74. The van der Waals surface area contributed by atoms with E-state index in [1.165, 1.54) is 24.3 Å². The highest BCUT2D eigenvalue weighted by Crippen LogP contribution is 2.39. The molecule has 0 amide bonds. The molecule has 2 atom stereocenters. The fourth-order valence-corrected chi connectivity index (χ4v) is 2.01. The lowest BCUT2D eigenvalue weighted by Crippen LogP contribution is -2.75. The molecule has 2 unspecified atom stereocenters. The summed E-state index contributed by atoms with van der Waals surface area (Å²) >= 11 is 0. The number of aliphatic hydroxyl groups is 6. The van der Waals surface area contributed by atoms with Crippen LogP contribution in [0.2, 0.25) is 0 Å². The van der Waals surface area contributed by atoms with Gasteiger partial charge < -0.3 is 30.6 Å². The summed E-state index contributed by atoms with van der Waals surface area (Å²) in [5.74, 6) is -8.36. The Morgan fingerprint density at radius 2 is 1.55 bits per heavy atom. The summed E-state index contributed by atoms with van der Waals surface area (Å²) in [6.07, 6.45) is -0.759. The maximum absolute atomic E-state index is 12.2. The Balaban J connectivity index is 2.54. The smallest absolute Gasteiger partial charge is 0.262 e. The van der Waals surface area contributed by atoms with Gasteiger partial charge in [0.05, 0.1) is 0 Å². The van der Waals surface area contributed by atoms with Crippen molar-refractivity contribution in [1.82, 2.24) is 0 Å². The van der Waals surface area contributed by atoms with Gasteiger partial charge in [0.2, 0.25) is 11.4 Å². The average Bonchev–Trinajstić information content (AvgIpc) is 2.42. The number of aliphatic hydroxyl groups excluding tert-OH is 1. The molecule has 2 rings (SSSR count). The number of hydrogen-bond acceptors (Lipinski definition) is 7. The third-order valence-corrected chi connectivity index (χ3v) is 3.36. The molecule has 1 aliphatic carbocycles. The van der Waals surface area contributed by atoms with Crippen LogP contribution in [0.3, 0.4) is 0 Å². The summed E-state index contributed by atoms with van der Waals surface area (Å²) in [5.41, 5.74) is -3.09. The van der Waals surface area contributed by atoms with E-state index >= 15 is 0 Å². The summed E-state index contributed by atoms with van der Waals surface area (Å²) in [5, 5.41) is 58.2. The molecule has 0 bridgehead atoms. The molecular formula is C13H14O7. The number of Topliss-reactive ketones (excluding diaryl/α,β-unsaturated/α-hetero) is 1. The van der Waals surface area contributed by atoms with Gasteiger partial charge in [-0.05, 0) is 6.08 Å². The predicted octanol–water partition coefficient (Wildman–Crippen LogP) is -2.11. The van der Waals surface area contributed by atoms with Gasteiger partial charge in [0, 0.05) is 5.56 Å². The Bertz CT molecular complexity index is 549. The normalized spacial score (nSPS) is 31.0. The zero-order chi connectivity index (χ0) is 15.2. The quantitative estimate of drug-likeness (QED) is 0.207. The summed E-state index contributed by atoms with van der Waals surface area (Å²) in [7, 11) is 0. The molecular weight excluding hydrogens is 268 g/mol. The lowest BCUT2D eigenvalue weighted by Gasteiger charge is -2.47. The molecule has 0 radical (unpaired) electrons. The van der Waals surface area contributed by atoms with Gasteiger partial charge in [-0.3, -0.25) is 4.79 Å². The number of carbonyl (C=O) groups excluding carboxylic acids is 1. The van der Waals surface area contributed by atoms with E-state index < -0.39 is 29.1 Å². The van der Waals surface area contributed by atoms with Crippen LogP contribution in [0, 0.1) is 0 Å². The average molecular weight is 282 g/mol. The first-order chi connectivity index (χ1) is 9.14. The lowest BCUT2D eigenvalue weighted by molar-refractivity contribution is -0.411. The first-order valence-electron chi connectivity index (χ1n) is 5.74. The Morgan fingerprint density at radius 3 is 2.10 bits per heavy atom. The zero-order valence-electron chi connectivity index (χ0n) is 10.2. The molecule has 0 heterocycles. The van der Waals surface area contributed by atoms with E-state index in [2.05, 4.69) is 0 Å². The number of ketones is 1. The van der Waals surface area contributed by atoms with Crippen molar-refractivity contribution in [2.75, 3.05) is 0 Å². The van der Waals surface area contributed by atoms with Gasteiger partial charge >= 0.3 is 0 Å². The molecule has 108 valence electrons. The van der Waals surface area contributed by atoms with Crippen LogP contribution < -0.4 is 0 Å². The highest BCUT2D eigenvalue weighted by molar-refractivity contribution is 6.04. The standard InChI is InChI=1S/C13H14O7/c14-9-6-7-11(16,13(19,20)12(9,17)18)10(15)8-4-2-1-3-5-8/h1-7,9,14,16-20H. The SMILES string of the molecule is O=C(c1ccccc1)C1(O)C=CC(O)C(O)(O)C1(O)O. The minimum absolute atomic E-state index is 0.0701. The molecule has 1 aromatic carbocycles. The van der Waals surface area contributed by atoms with Crippen LogP contribution in [0.15, 0.2) is 42.5 Å². The minimum Gasteiger partial charge on any atom is -0.383 e. The first kappa shape index (κ1) is 14.8. The second-order valence-electron chi connectivity index (χ2n) is 4.66. The van der Waals surface area contributed by atoms with Crippen molar-refractivity contribution in [1.29, 1.82) is 0 Å². The van der Waals surface area contributed by atoms with E-state index in [1.807, 2.05) is 0 Å². The number of rotatable bonds is 2. The van der Waals surface area contributed by atoms with Gasteiger partial charge in [-0.2, -0.15) is 0 Å². The van der Waals surface area contributed by atoms with Crippen molar-refractivity contribution in [3.8, 4) is 0 Å². The summed E-state index contributed by atoms with van der Waals surface area (Å²) in [6, 6.07) is 7.20. The fraction of sp³-hybridized carbons (Fsp3) is 0.308. The van der Waals surface area contributed by atoms with Gasteiger partial charge in [-0.1, -0.05) is 36.4 Å².